The van der Waals surface area contributed by atoms with E-state index in [0.717, 1.165) is 21.4 Å². The Morgan fingerprint density at radius 1 is 1.19 bits per heavy atom. The van der Waals surface area contributed by atoms with Gasteiger partial charge in [-0.25, -0.2) is 0 Å². The quantitative estimate of drug-likeness (QED) is 0.602. The highest BCUT2D eigenvalue weighted by molar-refractivity contribution is 7.80. The van der Waals surface area contributed by atoms with E-state index in [1.165, 1.54) is 11.1 Å². The second-order valence-electron chi connectivity index (χ2n) is 3.84. The van der Waals surface area contributed by atoms with Gasteiger partial charge in [0.05, 0.1) is 0 Å². The van der Waals surface area contributed by atoms with Crippen LogP contribution in [0.25, 0.3) is 10.8 Å². The van der Waals surface area contributed by atoms with Crippen molar-refractivity contribution in [3.8, 4) is 0 Å². The van der Waals surface area contributed by atoms with Gasteiger partial charge in [0.1, 0.15) is 0 Å². The van der Waals surface area contributed by atoms with Gasteiger partial charge in [-0.1, -0.05) is 6.07 Å². The van der Waals surface area contributed by atoms with Gasteiger partial charge < -0.3 is 5.32 Å². The molecule has 0 aliphatic heterocycles. The number of thiol groups is 1. The third-order valence-electron chi connectivity index (χ3n) is 2.92. The second-order valence-corrected chi connectivity index (χ2v) is 4.33. The number of amides is 1. The SMILES string of the molecule is Cc1c(S)cc2ccc(NC=O)cc2c1C. The summed E-state index contributed by atoms with van der Waals surface area (Å²) in [5, 5.41) is 4.96. The Labute approximate surface area is 100 Å². The van der Waals surface area contributed by atoms with Crippen molar-refractivity contribution in [2.24, 2.45) is 0 Å². The van der Waals surface area contributed by atoms with E-state index in [1.807, 2.05) is 24.3 Å². The van der Waals surface area contributed by atoms with Gasteiger partial charge in [-0.3, -0.25) is 4.79 Å². The number of benzene rings is 2. The van der Waals surface area contributed by atoms with Crippen molar-refractivity contribution in [3.63, 3.8) is 0 Å². The number of fused-ring (bicyclic) bond motifs is 1. The van der Waals surface area contributed by atoms with Crippen molar-refractivity contribution in [2.45, 2.75) is 18.7 Å². The van der Waals surface area contributed by atoms with Crippen molar-refractivity contribution in [1.29, 1.82) is 0 Å². The summed E-state index contributed by atoms with van der Waals surface area (Å²) in [6.07, 6.45) is 0.691. The predicted molar refractivity (Wildman–Crippen MR) is 70.4 cm³/mol. The van der Waals surface area contributed by atoms with Crippen molar-refractivity contribution >= 4 is 35.5 Å². The van der Waals surface area contributed by atoms with Crippen molar-refractivity contribution < 1.29 is 4.79 Å². The summed E-state index contributed by atoms with van der Waals surface area (Å²) in [4.78, 5) is 11.4. The maximum Gasteiger partial charge on any atom is 0.211 e. The average molecular weight is 231 g/mol. The van der Waals surface area contributed by atoms with Crippen molar-refractivity contribution in [3.05, 3.63) is 35.4 Å². The van der Waals surface area contributed by atoms with Gasteiger partial charge in [-0.15, -0.1) is 12.6 Å². The van der Waals surface area contributed by atoms with Crippen molar-refractivity contribution in [1.82, 2.24) is 0 Å². The van der Waals surface area contributed by atoms with Gasteiger partial charge in [0.25, 0.3) is 0 Å². The number of carbonyl (C=O) groups excluding carboxylic acids is 1. The van der Waals surface area contributed by atoms with Crippen LogP contribution in [0, 0.1) is 13.8 Å². The molecule has 1 amide bonds. The Balaban J connectivity index is 2.72. The molecule has 0 unspecified atom stereocenters. The standard InChI is InChI=1S/C13H13NOS/c1-8-9(2)13(16)5-10-3-4-11(14-7-15)6-12(8)10/h3-7,16H,1-2H3,(H,14,15). The Morgan fingerprint density at radius 3 is 2.62 bits per heavy atom. The highest BCUT2D eigenvalue weighted by Crippen LogP contribution is 2.28. The molecule has 0 saturated carbocycles. The van der Waals surface area contributed by atoms with Crippen LogP contribution in [0.5, 0.6) is 0 Å². The molecule has 1 N–H and O–H groups in total. The van der Waals surface area contributed by atoms with Gasteiger partial charge in [0.15, 0.2) is 0 Å². The first-order chi connectivity index (χ1) is 7.63. The maximum absolute atomic E-state index is 10.4. The zero-order valence-corrected chi connectivity index (χ0v) is 10.1. The van der Waals surface area contributed by atoms with Crippen LogP contribution in [0.2, 0.25) is 0 Å². The number of carbonyl (C=O) groups is 1. The zero-order chi connectivity index (χ0) is 11.7. The minimum atomic E-state index is 0.691. The normalized spacial score (nSPS) is 10.4. The molecule has 0 fully saturated rings. The molecule has 0 spiro atoms. The molecule has 0 aromatic heterocycles. The van der Waals surface area contributed by atoms with E-state index in [-0.39, 0.29) is 0 Å². The third kappa shape index (κ3) is 1.78. The van der Waals surface area contributed by atoms with E-state index < -0.39 is 0 Å². The van der Waals surface area contributed by atoms with Crippen LogP contribution in [-0.2, 0) is 4.79 Å². The molecule has 0 aliphatic rings. The minimum absolute atomic E-state index is 0.691. The summed E-state index contributed by atoms with van der Waals surface area (Å²) in [6, 6.07) is 7.91. The number of hydrogen-bond acceptors (Lipinski definition) is 2. The third-order valence-corrected chi connectivity index (χ3v) is 3.39. The van der Waals surface area contributed by atoms with E-state index in [4.69, 9.17) is 0 Å². The smallest absolute Gasteiger partial charge is 0.211 e. The summed E-state index contributed by atoms with van der Waals surface area (Å²) in [7, 11) is 0. The lowest BCUT2D eigenvalue weighted by Crippen LogP contribution is -1.94. The fraction of sp³-hybridized carbons (Fsp3) is 0.154. The van der Waals surface area contributed by atoms with Crippen LogP contribution in [0.15, 0.2) is 29.2 Å². The monoisotopic (exact) mass is 231 g/mol. The summed E-state index contributed by atoms with van der Waals surface area (Å²) < 4.78 is 0. The van der Waals surface area contributed by atoms with Crippen LogP contribution < -0.4 is 5.32 Å². The van der Waals surface area contributed by atoms with E-state index in [0.29, 0.717) is 6.41 Å². The fourth-order valence-electron chi connectivity index (χ4n) is 1.81. The molecule has 82 valence electrons. The van der Waals surface area contributed by atoms with E-state index in [1.54, 1.807) is 0 Å². The lowest BCUT2D eigenvalue weighted by molar-refractivity contribution is -0.105. The average Bonchev–Trinajstić information content (AvgIpc) is 2.28. The van der Waals surface area contributed by atoms with Crippen LogP contribution in [0.4, 0.5) is 5.69 Å². The van der Waals surface area contributed by atoms with Gasteiger partial charge in [-0.05, 0) is 53.9 Å². The summed E-state index contributed by atoms with van der Waals surface area (Å²) >= 11 is 4.44. The molecular weight excluding hydrogens is 218 g/mol. The van der Waals surface area contributed by atoms with Crippen LogP contribution in [0.3, 0.4) is 0 Å². The molecule has 2 aromatic rings. The Morgan fingerprint density at radius 2 is 1.94 bits per heavy atom. The molecule has 0 atom stereocenters. The molecule has 16 heavy (non-hydrogen) atoms. The molecule has 0 saturated heterocycles. The molecule has 2 aromatic carbocycles. The highest BCUT2D eigenvalue weighted by atomic mass is 32.1. The fourth-order valence-corrected chi connectivity index (χ4v) is 2.12. The summed E-state index contributed by atoms with van der Waals surface area (Å²) in [5.41, 5.74) is 3.20. The molecule has 0 radical (unpaired) electrons. The van der Waals surface area contributed by atoms with Crippen molar-refractivity contribution in [2.75, 3.05) is 5.32 Å². The van der Waals surface area contributed by atoms with E-state index in [2.05, 4.69) is 31.8 Å². The second kappa shape index (κ2) is 4.18. The topological polar surface area (TPSA) is 29.1 Å². The number of rotatable bonds is 2. The maximum atomic E-state index is 10.4. The number of aryl methyl sites for hydroxylation is 1. The van der Waals surface area contributed by atoms with Crippen LogP contribution in [-0.4, -0.2) is 6.41 Å². The molecule has 3 heteroatoms. The first kappa shape index (κ1) is 11.0. The van der Waals surface area contributed by atoms with E-state index >= 15 is 0 Å². The lowest BCUT2D eigenvalue weighted by Gasteiger charge is -2.10. The van der Waals surface area contributed by atoms with Gasteiger partial charge in [0.2, 0.25) is 6.41 Å². The molecular formula is C13H13NOS. The number of hydrogen-bond donors (Lipinski definition) is 2. The van der Waals surface area contributed by atoms with Gasteiger partial charge in [0, 0.05) is 10.6 Å². The van der Waals surface area contributed by atoms with Crippen LogP contribution in [0.1, 0.15) is 11.1 Å². The van der Waals surface area contributed by atoms with E-state index in [9.17, 15) is 4.79 Å². The Bertz CT molecular complexity index is 563. The number of nitrogens with one attached hydrogen (secondary N) is 1. The van der Waals surface area contributed by atoms with Gasteiger partial charge in [-0.2, -0.15) is 0 Å². The first-order valence-electron chi connectivity index (χ1n) is 5.06. The summed E-state index contributed by atoms with van der Waals surface area (Å²) in [5.74, 6) is 0. The predicted octanol–water partition coefficient (Wildman–Crippen LogP) is 3.31. The Kier molecular flexibility index (Phi) is 2.88. The molecule has 0 aliphatic carbocycles. The van der Waals surface area contributed by atoms with Gasteiger partial charge >= 0.3 is 0 Å². The number of anilines is 1. The lowest BCUT2D eigenvalue weighted by atomic mass is 10.0. The molecule has 2 rings (SSSR count). The highest BCUT2D eigenvalue weighted by Gasteiger charge is 2.05. The minimum Gasteiger partial charge on any atom is -0.329 e. The zero-order valence-electron chi connectivity index (χ0n) is 9.24. The summed E-state index contributed by atoms with van der Waals surface area (Å²) in [6.45, 7) is 4.12. The Hall–Kier alpha value is -1.48. The van der Waals surface area contributed by atoms with Crippen LogP contribution >= 0.6 is 12.6 Å². The molecule has 2 nitrogen and oxygen atoms in total. The first-order valence-corrected chi connectivity index (χ1v) is 5.51. The molecule has 0 heterocycles. The largest absolute Gasteiger partial charge is 0.329 e. The molecule has 0 bridgehead atoms.